The topological polar surface area (TPSA) is 92.4 Å². The van der Waals surface area contributed by atoms with Gasteiger partial charge in [0.25, 0.3) is 5.92 Å². The Morgan fingerprint density at radius 3 is 2.56 bits per heavy atom. The van der Waals surface area contributed by atoms with Crippen molar-refractivity contribution in [3.8, 4) is 0 Å². The van der Waals surface area contributed by atoms with Gasteiger partial charge in [-0.05, 0) is 6.42 Å². The van der Waals surface area contributed by atoms with Gasteiger partial charge in [-0.2, -0.15) is 13.2 Å². The summed E-state index contributed by atoms with van der Waals surface area (Å²) < 4.78 is 67.2. The lowest BCUT2D eigenvalue weighted by Gasteiger charge is -2.34. The van der Waals surface area contributed by atoms with Gasteiger partial charge in [0.1, 0.15) is 5.82 Å². The normalized spacial score (nSPS) is 19.3. The van der Waals surface area contributed by atoms with Crippen LogP contribution in [-0.4, -0.2) is 63.2 Å². The van der Waals surface area contributed by atoms with E-state index in [4.69, 9.17) is 5.73 Å². The molecule has 2 aliphatic rings. The van der Waals surface area contributed by atoms with Gasteiger partial charge in [-0.15, -0.1) is 12.4 Å². The van der Waals surface area contributed by atoms with E-state index >= 15 is 0 Å². The van der Waals surface area contributed by atoms with Crippen LogP contribution < -0.4 is 5.73 Å². The van der Waals surface area contributed by atoms with Crippen molar-refractivity contribution in [2.75, 3.05) is 19.6 Å². The summed E-state index contributed by atoms with van der Waals surface area (Å²) in [6.07, 6.45) is -5.46. The third-order valence-electron chi connectivity index (χ3n) is 5.42. The summed E-state index contributed by atoms with van der Waals surface area (Å²) in [5.74, 6) is -3.81. The fourth-order valence-corrected chi connectivity index (χ4v) is 3.85. The summed E-state index contributed by atoms with van der Waals surface area (Å²) in [5, 5.41) is 0. The average molecular weight is 486 g/mol. The predicted molar refractivity (Wildman–Crippen MR) is 106 cm³/mol. The van der Waals surface area contributed by atoms with E-state index in [9.17, 15) is 31.5 Å². The van der Waals surface area contributed by atoms with E-state index in [2.05, 4.69) is 9.97 Å². The van der Waals surface area contributed by atoms with E-state index in [0.717, 1.165) is 4.90 Å². The molecule has 1 saturated heterocycles. The van der Waals surface area contributed by atoms with Gasteiger partial charge in [-0.1, -0.05) is 6.92 Å². The first-order chi connectivity index (χ1) is 14.4. The van der Waals surface area contributed by atoms with Crippen LogP contribution in [0.3, 0.4) is 0 Å². The van der Waals surface area contributed by atoms with Crippen LogP contribution in [-0.2, 0) is 35.2 Å². The molecule has 1 aromatic rings. The zero-order valence-corrected chi connectivity index (χ0v) is 18.2. The second-order valence-corrected chi connectivity index (χ2v) is 7.92. The van der Waals surface area contributed by atoms with Gasteiger partial charge in [-0.25, -0.2) is 18.7 Å². The molecule has 1 fully saturated rings. The summed E-state index contributed by atoms with van der Waals surface area (Å²) in [5.41, 5.74) is 5.09. The fraction of sp³-hybridized carbons (Fsp3) is 0.684. The third kappa shape index (κ3) is 6.03. The van der Waals surface area contributed by atoms with Gasteiger partial charge in [0.15, 0.2) is 5.69 Å². The largest absolute Gasteiger partial charge is 0.433 e. The minimum absolute atomic E-state index is 0. The highest BCUT2D eigenvalue weighted by atomic mass is 35.5. The molecular weight excluding hydrogens is 461 g/mol. The first-order valence-electron chi connectivity index (χ1n) is 10.0. The van der Waals surface area contributed by atoms with Crippen LogP contribution in [0.4, 0.5) is 22.0 Å². The van der Waals surface area contributed by atoms with Crippen molar-refractivity contribution in [2.45, 2.75) is 63.7 Å². The predicted octanol–water partition coefficient (Wildman–Crippen LogP) is 2.34. The number of rotatable bonds is 5. The highest BCUT2D eigenvalue weighted by Gasteiger charge is 2.40. The van der Waals surface area contributed by atoms with Crippen molar-refractivity contribution in [1.82, 2.24) is 19.8 Å². The van der Waals surface area contributed by atoms with Crippen LogP contribution in [0, 0.1) is 0 Å². The smallest absolute Gasteiger partial charge is 0.336 e. The highest BCUT2D eigenvalue weighted by molar-refractivity contribution is 5.85. The molecule has 1 atom stereocenters. The SMILES string of the molecule is CCc1nc2c(c(C(F)(F)F)n1)CCN(C(=O)C[C@H](N)CN1CC(F)(F)CCC1=O)C2.Cl. The lowest BCUT2D eigenvalue weighted by Crippen LogP contribution is -2.51. The molecule has 180 valence electrons. The Balaban J connectivity index is 0.00000363. The number of piperidine rings is 1. The van der Waals surface area contributed by atoms with Crippen LogP contribution in [0.15, 0.2) is 0 Å². The van der Waals surface area contributed by atoms with Crippen LogP contribution in [0.5, 0.6) is 0 Å². The maximum Gasteiger partial charge on any atom is 0.433 e. The monoisotopic (exact) mass is 485 g/mol. The maximum absolute atomic E-state index is 13.5. The zero-order chi connectivity index (χ0) is 23.0. The number of aryl methyl sites for hydroxylation is 1. The lowest BCUT2D eigenvalue weighted by molar-refractivity contribution is -0.148. The van der Waals surface area contributed by atoms with E-state index in [1.165, 1.54) is 4.90 Å². The van der Waals surface area contributed by atoms with Crippen LogP contribution >= 0.6 is 12.4 Å². The van der Waals surface area contributed by atoms with E-state index in [0.29, 0.717) is 0 Å². The van der Waals surface area contributed by atoms with E-state index in [1.807, 2.05) is 0 Å². The van der Waals surface area contributed by atoms with Crippen LogP contribution in [0.1, 0.15) is 49.0 Å². The molecule has 2 amide bonds. The fourth-order valence-electron chi connectivity index (χ4n) is 3.85. The summed E-state index contributed by atoms with van der Waals surface area (Å²) in [4.78, 5) is 34.6. The molecule has 1 aromatic heterocycles. The molecule has 0 unspecified atom stereocenters. The molecule has 0 spiro atoms. The van der Waals surface area contributed by atoms with E-state index in [1.54, 1.807) is 6.92 Å². The molecule has 32 heavy (non-hydrogen) atoms. The summed E-state index contributed by atoms with van der Waals surface area (Å²) >= 11 is 0. The molecule has 13 heteroatoms. The number of nitrogens with two attached hydrogens (primary N) is 1. The molecule has 2 N–H and O–H groups in total. The Hall–Kier alpha value is -2.08. The number of hydrogen-bond donors (Lipinski definition) is 1. The van der Waals surface area contributed by atoms with Gasteiger partial charge in [-0.3, -0.25) is 9.59 Å². The molecule has 7 nitrogen and oxygen atoms in total. The minimum atomic E-state index is -4.62. The molecule has 2 aliphatic heterocycles. The number of fused-ring (bicyclic) bond motifs is 1. The number of likely N-dealkylation sites (tertiary alicyclic amines) is 1. The van der Waals surface area contributed by atoms with Gasteiger partial charge in [0.2, 0.25) is 11.8 Å². The summed E-state index contributed by atoms with van der Waals surface area (Å²) in [7, 11) is 0. The Morgan fingerprint density at radius 1 is 1.25 bits per heavy atom. The first-order valence-corrected chi connectivity index (χ1v) is 10.0. The molecule has 3 rings (SSSR count). The number of nitrogens with zero attached hydrogens (tertiary/aromatic N) is 4. The second-order valence-electron chi connectivity index (χ2n) is 7.92. The molecular formula is C19H25ClF5N5O2. The number of amides is 2. The van der Waals surface area contributed by atoms with Gasteiger partial charge in [0.05, 0.1) is 18.8 Å². The molecule has 0 bridgehead atoms. The third-order valence-corrected chi connectivity index (χ3v) is 5.42. The van der Waals surface area contributed by atoms with E-state index < -0.39 is 48.6 Å². The van der Waals surface area contributed by atoms with Crippen molar-refractivity contribution in [2.24, 2.45) is 5.73 Å². The number of halogens is 6. The molecule has 0 aromatic carbocycles. The first kappa shape index (κ1) is 26.2. The summed E-state index contributed by atoms with van der Waals surface area (Å²) in [6.45, 7) is 0.641. The van der Waals surface area contributed by atoms with Crippen molar-refractivity contribution in [1.29, 1.82) is 0 Å². The Labute approximate surface area is 187 Å². The van der Waals surface area contributed by atoms with Gasteiger partial charge in [0, 0.05) is 50.4 Å². The molecule has 3 heterocycles. The summed E-state index contributed by atoms with van der Waals surface area (Å²) in [6, 6.07) is -0.867. The minimum Gasteiger partial charge on any atom is -0.336 e. The molecule has 0 saturated carbocycles. The van der Waals surface area contributed by atoms with Gasteiger partial charge >= 0.3 is 6.18 Å². The standard InChI is InChI=1S/C19H24F5N5O2.ClH/c1-2-14-26-13-9-28(6-4-12(13)17(27-14)19(22,23)24)16(31)7-11(25)8-29-10-18(20,21)5-3-15(29)30;/h11H,2-10,25H2,1H3;1H/t11-;/m0./s1. The number of aromatic nitrogens is 2. The van der Waals surface area contributed by atoms with Crippen LogP contribution in [0.2, 0.25) is 0 Å². The van der Waals surface area contributed by atoms with Gasteiger partial charge < -0.3 is 15.5 Å². The highest BCUT2D eigenvalue weighted by Crippen LogP contribution is 2.34. The zero-order valence-electron chi connectivity index (χ0n) is 17.4. The number of carbonyl (C=O) groups excluding carboxylic acids is 2. The molecule has 0 aliphatic carbocycles. The van der Waals surface area contributed by atoms with Crippen molar-refractivity contribution in [3.63, 3.8) is 0 Å². The van der Waals surface area contributed by atoms with E-state index in [-0.39, 0.29) is 74.8 Å². The number of alkyl halides is 5. The van der Waals surface area contributed by atoms with Crippen molar-refractivity contribution >= 4 is 24.2 Å². The van der Waals surface area contributed by atoms with Crippen molar-refractivity contribution in [3.05, 3.63) is 22.8 Å². The van der Waals surface area contributed by atoms with Crippen molar-refractivity contribution < 1.29 is 31.5 Å². The average Bonchev–Trinajstić information content (AvgIpc) is 2.68. The quantitative estimate of drug-likeness (QED) is 0.646. The Morgan fingerprint density at radius 2 is 1.94 bits per heavy atom. The second kappa shape index (κ2) is 9.82. The number of carbonyl (C=O) groups is 2. The lowest BCUT2D eigenvalue weighted by atomic mass is 10.0. The van der Waals surface area contributed by atoms with Crippen LogP contribution in [0.25, 0.3) is 0 Å². The molecule has 0 radical (unpaired) electrons. The Bertz CT molecular complexity index is 867. The Kier molecular flexibility index (Phi) is 8.03. The number of hydrogen-bond acceptors (Lipinski definition) is 5. The maximum atomic E-state index is 13.5.